The van der Waals surface area contributed by atoms with E-state index in [-0.39, 0.29) is 6.10 Å². The maximum Gasteiger partial charge on any atom is 0.0897 e. The number of aromatic nitrogens is 1. The fourth-order valence-electron chi connectivity index (χ4n) is 1.15. The lowest BCUT2D eigenvalue weighted by atomic mass is 10.2. The van der Waals surface area contributed by atoms with E-state index >= 15 is 0 Å². The molecule has 1 aromatic rings. The number of aliphatic hydroxyl groups is 1. The zero-order chi connectivity index (χ0) is 10.4. The molecule has 0 spiro atoms. The molecule has 1 atom stereocenters. The van der Waals surface area contributed by atoms with Crippen LogP contribution in [0.2, 0.25) is 0 Å². The smallest absolute Gasteiger partial charge is 0.0897 e. The second kappa shape index (κ2) is 6.11. The Balaban J connectivity index is 2.10. The van der Waals surface area contributed by atoms with Crippen LogP contribution in [0.15, 0.2) is 5.38 Å². The Kier molecular flexibility index (Phi) is 5.07. The van der Waals surface area contributed by atoms with E-state index in [0.29, 0.717) is 6.54 Å². The third kappa shape index (κ3) is 4.17. The SMILES string of the molecule is CCC(O)CNCCc1csc(C)n1. The summed E-state index contributed by atoms with van der Waals surface area (Å²) in [5, 5.41) is 15.7. The molecular weight excluding hydrogens is 196 g/mol. The summed E-state index contributed by atoms with van der Waals surface area (Å²) in [6.07, 6.45) is 1.54. The van der Waals surface area contributed by atoms with Crippen molar-refractivity contribution in [3.63, 3.8) is 0 Å². The summed E-state index contributed by atoms with van der Waals surface area (Å²) in [5.74, 6) is 0. The van der Waals surface area contributed by atoms with Gasteiger partial charge in [0.25, 0.3) is 0 Å². The number of hydrogen-bond acceptors (Lipinski definition) is 4. The third-order valence-corrected chi connectivity index (χ3v) is 2.90. The first-order chi connectivity index (χ1) is 6.72. The lowest BCUT2D eigenvalue weighted by Gasteiger charge is -2.08. The van der Waals surface area contributed by atoms with Crippen molar-refractivity contribution in [1.29, 1.82) is 0 Å². The van der Waals surface area contributed by atoms with Crippen molar-refractivity contribution < 1.29 is 5.11 Å². The van der Waals surface area contributed by atoms with Gasteiger partial charge in [0.05, 0.1) is 16.8 Å². The summed E-state index contributed by atoms with van der Waals surface area (Å²) in [4.78, 5) is 4.36. The highest BCUT2D eigenvalue weighted by molar-refractivity contribution is 7.09. The van der Waals surface area contributed by atoms with Gasteiger partial charge in [0.2, 0.25) is 0 Å². The Morgan fingerprint density at radius 3 is 3.00 bits per heavy atom. The molecule has 1 aromatic heterocycles. The van der Waals surface area contributed by atoms with Gasteiger partial charge in [-0.1, -0.05) is 6.92 Å². The number of nitrogens with one attached hydrogen (secondary N) is 1. The lowest BCUT2D eigenvalue weighted by Crippen LogP contribution is -2.27. The predicted molar refractivity (Wildman–Crippen MR) is 59.7 cm³/mol. The Morgan fingerprint density at radius 1 is 1.64 bits per heavy atom. The van der Waals surface area contributed by atoms with E-state index in [4.69, 9.17) is 0 Å². The van der Waals surface area contributed by atoms with E-state index < -0.39 is 0 Å². The van der Waals surface area contributed by atoms with Gasteiger partial charge in [-0.3, -0.25) is 0 Å². The number of rotatable bonds is 6. The molecular formula is C10H18N2OS. The van der Waals surface area contributed by atoms with E-state index in [2.05, 4.69) is 15.7 Å². The highest BCUT2D eigenvalue weighted by atomic mass is 32.1. The van der Waals surface area contributed by atoms with Gasteiger partial charge in [-0.05, 0) is 13.3 Å². The Bertz CT molecular complexity index is 262. The fraction of sp³-hybridized carbons (Fsp3) is 0.700. The van der Waals surface area contributed by atoms with Crippen LogP contribution in [0.1, 0.15) is 24.0 Å². The van der Waals surface area contributed by atoms with Crippen LogP contribution in [-0.4, -0.2) is 29.3 Å². The Labute approximate surface area is 89.2 Å². The normalized spacial score (nSPS) is 13.1. The van der Waals surface area contributed by atoms with Crippen LogP contribution in [0.3, 0.4) is 0 Å². The number of thiazole rings is 1. The van der Waals surface area contributed by atoms with E-state index in [9.17, 15) is 5.11 Å². The molecule has 0 saturated heterocycles. The maximum absolute atomic E-state index is 9.28. The molecule has 1 unspecified atom stereocenters. The minimum atomic E-state index is -0.216. The molecule has 0 bridgehead atoms. The van der Waals surface area contributed by atoms with Crippen molar-refractivity contribution in [3.8, 4) is 0 Å². The Morgan fingerprint density at radius 2 is 2.43 bits per heavy atom. The van der Waals surface area contributed by atoms with Gasteiger partial charge in [0.15, 0.2) is 0 Å². The molecule has 0 saturated carbocycles. The molecule has 1 rings (SSSR count). The standard InChI is InChI=1S/C10H18N2OS/c1-3-10(13)6-11-5-4-9-7-14-8(2)12-9/h7,10-11,13H,3-6H2,1-2H3. The van der Waals surface area contributed by atoms with E-state index in [1.807, 2.05) is 13.8 Å². The number of aryl methyl sites for hydroxylation is 1. The lowest BCUT2D eigenvalue weighted by molar-refractivity contribution is 0.168. The van der Waals surface area contributed by atoms with Gasteiger partial charge < -0.3 is 10.4 Å². The van der Waals surface area contributed by atoms with Crippen LogP contribution in [0.25, 0.3) is 0 Å². The third-order valence-electron chi connectivity index (χ3n) is 2.08. The molecule has 80 valence electrons. The quantitative estimate of drug-likeness (QED) is 0.703. The van der Waals surface area contributed by atoms with Gasteiger partial charge in [0, 0.05) is 24.9 Å². The van der Waals surface area contributed by atoms with E-state index in [1.54, 1.807) is 11.3 Å². The molecule has 0 aliphatic heterocycles. The first kappa shape index (κ1) is 11.6. The summed E-state index contributed by atoms with van der Waals surface area (Å²) < 4.78 is 0. The molecule has 1 heterocycles. The molecule has 0 aliphatic carbocycles. The summed E-state index contributed by atoms with van der Waals surface area (Å²) in [6.45, 7) is 5.57. The molecule has 3 nitrogen and oxygen atoms in total. The minimum Gasteiger partial charge on any atom is -0.392 e. The average Bonchev–Trinajstić information content (AvgIpc) is 2.58. The first-order valence-electron chi connectivity index (χ1n) is 5.02. The Hall–Kier alpha value is -0.450. The predicted octanol–water partition coefficient (Wildman–Crippen LogP) is 1.35. The second-order valence-corrected chi connectivity index (χ2v) is 4.44. The highest BCUT2D eigenvalue weighted by Gasteiger charge is 2.00. The van der Waals surface area contributed by atoms with Gasteiger partial charge in [0.1, 0.15) is 0 Å². The largest absolute Gasteiger partial charge is 0.392 e. The fourth-order valence-corrected chi connectivity index (χ4v) is 1.80. The van der Waals surface area contributed by atoms with Gasteiger partial charge >= 0.3 is 0 Å². The second-order valence-electron chi connectivity index (χ2n) is 3.37. The molecule has 0 aromatic carbocycles. The van der Waals surface area contributed by atoms with Gasteiger partial charge in [-0.2, -0.15) is 0 Å². The van der Waals surface area contributed by atoms with Crippen molar-refractivity contribution in [2.75, 3.05) is 13.1 Å². The van der Waals surface area contributed by atoms with Gasteiger partial charge in [-0.25, -0.2) is 4.98 Å². The van der Waals surface area contributed by atoms with Crippen LogP contribution in [-0.2, 0) is 6.42 Å². The number of nitrogens with zero attached hydrogens (tertiary/aromatic N) is 1. The van der Waals surface area contributed by atoms with Crippen molar-refractivity contribution in [2.45, 2.75) is 32.8 Å². The van der Waals surface area contributed by atoms with Crippen molar-refractivity contribution >= 4 is 11.3 Å². The van der Waals surface area contributed by atoms with Crippen LogP contribution < -0.4 is 5.32 Å². The molecule has 14 heavy (non-hydrogen) atoms. The first-order valence-corrected chi connectivity index (χ1v) is 5.90. The summed E-state index contributed by atoms with van der Waals surface area (Å²) in [7, 11) is 0. The van der Waals surface area contributed by atoms with E-state index in [0.717, 1.165) is 30.1 Å². The van der Waals surface area contributed by atoms with Crippen LogP contribution in [0.5, 0.6) is 0 Å². The van der Waals surface area contributed by atoms with Crippen LogP contribution in [0, 0.1) is 6.92 Å². The zero-order valence-electron chi connectivity index (χ0n) is 8.79. The van der Waals surface area contributed by atoms with Crippen molar-refractivity contribution in [3.05, 3.63) is 16.1 Å². The van der Waals surface area contributed by atoms with E-state index in [1.165, 1.54) is 0 Å². The van der Waals surface area contributed by atoms with Gasteiger partial charge in [-0.15, -0.1) is 11.3 Å². The zero-order valence-corrected chi connectivity index (χ0v) is 9.60. The average molecular weight is 214 g/mol. The molecule has 0 amide bonds. The summed E-state index contributed by atoms with van der Waals surface area (Å²) >= 11 is 1.68. The highest BCUT2D eigenvalue weighted by Crippen LogP contribution is 2.07. The monoisotopic (exact) mass is 214 g/mol. The molecule has 4 heteroatoms. The number of hydrogen-bond donors (Lipinski definition) is 2. The van der Waals surface area contributed by atoms with Crippen molar-refractivity contribution in [1.82, 2.24) is 10.3 Å². The topological polar surface area (TPSA) is 45.1 Å². The van der Waals surface area contributed by atoms with Crippen molar-refractivity contribution in [2.24, 2.45) is 0 Å². The molecule has 0 fully saturated rings. The molecule has 0 radical (unpaired) electrons. The summed E-state index contributed by atoms with van der Waals surface area (Å²) in [6, 6.07) is 0. The minimum absolute atomic E-state index is 0.216. The van der Waals surface area contributed by atoms with Crippen LogP contribution in [0.4, 0.5) is 0 Å². The maximum atomic E-state index is 9.28. The summed E-state index contributed by atoms with van der Waals surface area (Å²) in [5.41, 5.74) is 1.14. The number of aliphatic hydroxyl groups excluding tert-OH is 1. The van der Waals surface area contributed by atoms with Crippen LogP contribution >= 0.6 is 11.3 Å². The molecule has 2 N–H and O–H groups in total. The molecule has 0 aliphatic rings.